The maximum Gasteiger partial charge on any atom is 0.271 e. The molecule has 0 unspecified atom stereocenters. The molecule has 0 fully saturated rings. The molecule has 9 nitrogen and oxygen atoms in total. The second kappa shape index (κ2) is 10.0. The molecular weight excluding hydrogens is 491 g/mol. The van der Waals surface area contributed by atoms with Gasteiger partial charge in [0.1, 0.15) is 22.9 Å². The van der Waals surface area contributed by atoms with Crippen LogP contribution in [0.3, 0.4) is 0 Å². The van der Waals surface area contributed by atoms with Crippen LogP contribution < -0.4 is 4.74 Å². The van der Waals surface area contributed by atoms with Gasteiger partial charge in [-0.3, -0.25) is 10.1 Å². The number of nitro groups is 1. The fourth-order valence-corrected chi connectivity index (χ4v) is 3.59. The van der Waals surface area contributed by atoms with Gasteiger partial charge in [0.05, 0.1) is 16.6 Å². The molecule has 0 saturated carbocycles. The highest BCUT2D eigenvalue weighted by Crippen LogP contribution is 2.38. The summed E-state index contributed by atoms with van der Waals surface area (Å²) in [6.07, 6.45) is 0.333. The third kappa shape index (κ3) is 5.51. The number of rotatable bonds is 7. The molecule has 4 aromatic rings. The summed E-state index contributed by atoms with van der Waals surface area (Å²) < 4.78 is 5.94. The van der Waals surface area contributed by atoms with Crippen molar-refractivity contribution in [2.45, 2.75) is 6.42 Å². The number of ether oxygens (including phenoxy) is 1. The first-order valence-corrected chi connectivity index (χ1v) is 10.6. The summed E-state index contributed by atoms with van der Waals surface area (Å²) in [6, 6.07) is 15.3. The third-order valence-electron chi connectivity index (χ3n) is 4.47. The number of fused-ring (bicyclic) bond motifs is 1. The number of halogens is 3. The molecule has 1 aromatic heterocycles. The molecule has 33 heavy (non-hydrogen) atoms. The van der Waals surface area contributed by atoms with Crippen LogP contribution in [0.2, 0.25) is 15.6 Å². The predicted octanol–water partition coefficient (Wildman–Crippen LogP) is 6.93. The Balaban J connectivity index is 1.62. The van der Waals surface area contributed by atoms with E-state index in [1.165, 1.54) is 18.2 Å². The molecule has 0 atom stereocenters. The lowest BCUT2D eigenvalue weighted by atomic mass is 10.1. The monoisotopic (exact) mass is 502 g/mol. The van der Waals surface area contributed by atoms with Crippen molar-refractivity contribution >= 4 is 62.6 Å². The number of non-ortho nitro benzene ring substituents is 1. The van der Waals surface area contributed by atoms with E-state index in [2.05, 4.69) is 25.2 Å². The highest BCUT2D eigenvalue weighted by molar-refractivity contribution is 6.33. The fraction of sp³-hybridized carbons (Fsp3) is 0.0952. The molecule has 0 aliphatic heterocycles. The van der Waals surface area contributed by atoms with Gasteiger partial charge in [-0.15, -0.1) is 10.2 Å². The first-order chi connectivity index (χ1) is 15.9. The Hall–Kier alpha value is -3.40. The maximum atomic E-state index is 10.9. The summed E-state index contributed by atoms with van der Waals surface area (Å²) in [5, 5.41) is 21.3. The van der Waals surface area contributed by atoms with Gasteiger partial charge in [-0.25, -0.2) is 9.97 Å². The number of nitrogens with zero attached hydrogens (tertiary/aromatic N) is 6. The van der Waals surface area contributed by atoms with Crippen molar-refractivity contribution in [2.24, 2.45) is 10.2 Å². The topological polar surface area (TPSA) is 116 Å². The number of azo groups is 1. The van der Waals surface area contributed by atoms with Gasteiger partial charge in [0.15, 0.2) is 0 Å². The standard InChI is InChI=1S/C21H13Cl3N6O3/c22-15-11-13(30(31)32)6-7-16(15)28-29-19-14-4-2-1-3-12(14)5-8-17(19)33-10-9-18-25-20(23)27-21(24)26-18/h1-8,11H,9-10H2. The Morgan fingerprint density at radius 3 is 2.42 bits per heavy atom. The lowest BCUT2D eigenvalue weighted by molar-refractivity contribution is -0.384. The van der Waals surface area contributed by atoms with E-state index in [0.29, 0.717) is 23.7 Å². The Kier molecular flexibility index (Phi) is 6.93. The van der Waals surface area contributed by atoms with E-state index in [9.17, 15) is 10.1 Å². The van der Waals surface area contributed by atoms with Crippen LogP contribution in [0.1, 0.15) is 5.82 Å². The summed E-state index contributed by atoms with van der Waals surface area (Å²) in [5.74, 6) is 0.864. The zero-order valence-electron chi connectivity index (χ0n) is 16.7. The number of aromatic nitrogens is 3. The number of benzene rings is 3. The van der Waals surface area contributed by atoms with Crippen molar-refractivity contribution in [3.63, 3.8) is 0 Å². The van der Waals surface area contributed by atoms with Crippen molar-refractivity contribution in [1.29, 1.82) is 0 Å². The van der Waals surface area contributed by atoms with Crippen LogP contribution in [-0.4, -0.2) is 26.5 Å². The van der Waals surface area contributed by atoms with Crippen molar-refractivity contribution in [1.82, 2.24) is 15.0 Å². The molecule has 166 valence electrons. The average Bonchev–Trinajstić information content (AvgIpc) is 2.78. The molecule has 0 N–H and O–H groups in total. The van der Waals surface area contributed by atoms with E-state index in [-0.39, 0.29) is 33.6 Å². The summed E-state index contributed by atoms with van der Waals surface area (Å²) in [6.45, 7) is 0.218. The Labute approximate surface area is 202 Å². The summed E-state index contributed by atoms with van der Waals surface area (Å²) >= 11 is 17.8. The van der Waals surface area contributed by atoms with Crippen LogP contribution in [0.25, 0.3) is 10.8 Å². The molecule has 0 aliphatic carbocycles. The first kappa shape index (κ1) is 22.8. The van der Waals surface area contributed by atoms with Crippen LogP contribution in [-0.2, 0) is 6.42 Å². The molecule has 0 bridgehead atoms. The molecule has 0 amide bonds. The van der Waals surface area contributed by atoms with Gasteiger partial charge in [0, 0.05) is 23.9 Å². The summed E-state index contributed by atoms with van der Waals surface area (Å²) in [4.78, 5) is 22.1. The average molecular weight is 504 g/mol. The largest absolute Gasteiger partial charge is 0.491 e. The van der Waals surface area contributed by atoms with Crippen LogP contribution in [0, 0.1) is 10.1 Å². The van der Waals surface area contributed by atoms with Gasteiger partial charge < -0.3 is 4.74 Å². The molecule has 0 aliphatic rings. The van der Waals surface area contributed by atoms with E-state index >= 15 is 0 Å². The van der Waals surface area contributed by atoms with Crippen LogP contribution in [0.15, 0.2) is 64.8 Å². The SMILES string of the molecule is O=[N+]([O-])c1ccc(N=Nc2c(OCCc3nc(Cl)nc(Cl)n3)ccc3ccccc23)c(Cl)c1. The molecule has 0 spiro atoms. The minimum Gasteiger partial charge on any atom is -0.491 e. The van der Waals surface area contributed by atoms with E-state index in [4.69, 9.17) is 39.5 Å². The van der Waals surface area contributed by atoms with Crippen molar-refractivity contribution in [3.05, 3.63) is 86.1 Å². The smallest absolute Gasteiger partial charge is 0.271 e. The molecule has 12 heteroatoms. The molecule has 0 saturated heterocycles. The van der Waals surface area contributed by atoms with Gasteiger partial charge in [-0.2, -0.15) is 4.98 Å². The quantitative estimate of drug-likeness (QED) is 0.153. The van der Waals surface area contributed by atoms with E-state index in [1.807, 2.05) is 30.3 Å². The van der Waals surface area contributed by atoms with Gasteiger partial charge in [-0.05, 0) is 40.7 Å². The number of hydrogen-bond acceptors (Lipinski definition) is 8. The van der Waals surface area contributed by atoms with Gasteiger partial charge in [0.25, 0.3) is 5.69 Å². The highest BCUT2D eigenvalue weighted by Gasteiger charge is 2.12. The van der Waals surface area contributed by atoms with E-state index in [1.54, 1.807) is 6.07 Å². The fourth-order valence-electron chi connectivity index (χ4n) is 2.98. The second-order valence-corrected chi connectivity index (χ2v) is 7.70. The second-order valence-electron chi connectivity index (χ2n) is 6.61. The lowest BCUT2D eigenvalue weighted by Crippen LogP contribution is -2.06. The zero-order chi connectivity index (χ0) is 23.4. The lowest BCUT2D eigenvalue weighted by Gasteiger charge is -2.11. The minimum absolute atomic E-state index is 0.00479. The third-order valence-corrected chi connectivity index (χ3v) is 5.11. The predicted molar refractivity (Wildman–Crippen MR) is 125 cm³/mol. The Bertz CT molecular complexity index is 1360. The summed E-state index contributed by atoms with van der Waals surface area (Å²) in [5.41, 5.74) is 0.636. The maximum absolute atomic E-state index is 10.9. The highest BCUT2D eigenvalue weighted by atomic mass is 35.5. The summed E-state index contributed by atoms with van der Waals surface area (Å²) in [7, 11) is 0. The van der Waals surface area contributed by atoms with Crippen LogP contribution in [0.4, 0.5) is 17.1 Å². The zero-order valence-corrected chi connectivity index (χ0v) is 18.9. The Morgan fingerprint density at radius 1 is 0.939 bits per heavy atom. The Morgan fingerprint density at radius 2 is 1.70 bits per heavy atom. The van der Waals surface area contributed by atoms with Crippen molar-refractivity contribution in [2.75, 3.05) is 6.61 Å². The molecule has 3 aromatic carbocycles. The van der Waals surface area contributed by atoms with Crippen molar-refractivity contribution < 1.29 is 9.66 Å². The first-order valence-electron chi connectivity index (χ1n) is 9.47. The molecular formula is C21H13Cl3N6O3. The van der Waals surface area contributed by atoms with Gasteiger partial charge in [-0.1, -0.05) is 41.9 Å². The van der Waals surface area contributed by atoms with Crippen LogP contribution in [0.5, 0.6) is 5.75 Å². The molecule has 4 rings (SSSR count). The van der Waals surface area contributed by atoms with E-state index in [0.717, 1.165) is 10.8 Å². The molecule has 0 radical (unpaired) electrons. The van der Waals surface area contributed by atoms with Crippen molar-refractivity contribution in [3.8, 4) is 5.75 Å². The number of hydrogen-bond donors (Lipinski definition) is 0. The number of nitro benzene ring substituents is 1. The van der Waals surface area contributed by atoms with E-state index < -0.39 is 4.92 Å². The van der Waals surface area contributed by atoms with Gasteiger partial charge in [0.2, 0.25) is 10.6 Å². The normalized spacial score (nSPS) is 11.2. The van der Waals surface area contributed by atoms with Gasteiger partial charge >= 0.3 is 0 Å². The minimum atomic E-state index is -0.531. The molecule has 1 heterocycles. The van der Waals surface area contributed by atoms with Crippen LogP contribution >= 0.6 is 34.8 Å².